The summed E-state index contributed by atoms with van der Waals surface area (Å²) >= 11 is 5.69. The monoisotopic (exact) mass is 337 g/mol. The molecule has 0 saturated carbocycles. The van der Waals surface area contributed by atoms with E-state index in [1.165, 1.54) is 6.20 Å². The molecule has 0 fully saturated rings. The molecule has 1 aromatic carbocycles. The number of ether oxygens (including phenoxy) is 1. The normalized spacial score (nSPS) is 12.2. The van der Waals surface area contributed by atoms with Gasteiger partial charge in [0.15, 0.2) is 6.10 Å². The molecular formula is C15H10ClF2N3O2. The molecule has 0 aliphatic rings. The average molecular weight is 338 g/mol. The van der Waals surface area contributed by atoms with E-state index in [1.54, 1.807) is 19.1 Å². The van der Waals surface area contributed by atoms with Crippen LogP contribution in [0.4, 0.5) is 8.78 Å². The lowest BCUT2D eigenvalue weighted by molar-refractivity contribution is 0.175. The van der Waals surface area contributed by atoms with E-state index in [0.717, 1.165) is 18.2 Å². The van der Waals surface area contributed by atoms with Gasteiger partial charge in [-0.1, -0.05) is 16.8 Å². The lowest BCUT2D eigenvalue weighted by Crippen LogP contribution is -2.03. The second-order valence-electron chi connectivity index (χ2n) is 4.69. The van der Waals surface area contributed by atoms with Gasteiger partial charge < -0.3 is 9.26 Å². The lowest BCUT2D eigenvalue weighted by Gasteiger charge is -2.09. The van der Waals surface area contributed by atoms with E-state index in [2.05, 4.69) is 15.1 Å². The summed E-state index contributed by atoms with van der Waals surface area (Å²) in [6, 6.07) is 6.23. The fourth-order valence-electron chi connectivity index (χ4n) is 1.89. The largest absolute Gasteiger partial charge is 0.479 e. The Morgan fingerprint density at radius 2 is 1.91 bits per heavy atom. The molecule has 0 aliphatic carbocycles. The Kier molecular flexibility index (Phi) is 4.20. The van der Waals surface area contributed by atoms with Crippen molar-refractivity contribution in [2.45, 2.75) is 13.0 Å². The molecule has 0 radical (unpaired) electrons. The van der Waals surface area contributed by atoms with E-state index in [-0.39, 0.29) is 17.3 Å². The van der Waals surface area contributed by atoms with Crippen LogP contribution in [0.25, 0.3) is 11.4 Å². The number of nitrogens with zero attached hydrogens (tertiary/aromatic N) is 3. The van der Waals surface area contributed by atoms with E-state index < -0.39 is 17.7 Å². The highest BCUT2D eigenvalue weighted by Gasteiger charge is 2.18. The molecule has 2 heterocycles. The van der Waals surface area contributed by atoms with Crippen LogP contribution in [-0.4, -0.2) is 15.1 Å². The highest BCUT2D eigenvalue weighted by atomic mass is 35.5. The van der Waals surface area contributed by atoms with Crippen molar-refractivity contribution < 1.29 is 18.0 Å². The van der Waals surface area contributed by atoms with Crippen molar-refractivity contribution >= 4 is 11.6 Å². The average Bonchev–Trinajstić information content (AvgIpc) is 2.98. The molecule has 8 heteroatoms. The van der Waals surface area contributed by atoms with Crippen molar-refractivity contribution in [3.05, 3.63) is 59.2 Å². The van der Waals surface area contributed by atoms with Crippen molar-refractivity contribution in [3.8, 4) is 17.1 Å². The van der Waals surface area contributed by atoms with Gasteiger partial charge in [0.2, 0.25) is 5.82 Å². The predicted octanol–water partition coefficient (Wildman–Crippen LogP) is 4.20. The SMILES string of the molecule is C[C@H](Oc1ccc(Cl)nc1)c1nc(-c2cc(F)cc(F)c2)no1. The van der Waals surface area contributed by atoms with Gasteiger partial charge in [0.25, 0.3) is 5.89 Å². The molecule has 0 spiro atoms. The van der Waals surface area contributed by atoms with Crippen LogP contribution in [0.3, 0.4) is 0 Å². The molecule has 3 aromatic rings. The van der Waals surface area contributed by atoms with Crippen molar-refractivity contribution in [1.82, 2.24) is 15.1 Å². The standard InChI is InChI=1S/C15H10ClF2N3O2/c1-8(22-12-2-3-13(16)19-7-12)15-20-14(21-23-15)9-4-10(17)6-11(18)5-9/h2-8H,1H3/t8-/m0/s1. The molecule has 0 aliphatic heterocycles. The third-order valence-electron chi connectivity index (χ3n) is 2.92. The summed E-state index contributed by atoms with van der Waals surface area (Å²) in [4.78, 5) is 7.98. The number of aromatic nitrogens is 3. The minimum atomic E-state index is -0.720. The molecule has 0 saturated heterocycles. The molecule has 0 amide bonds. The van der Waals surface area contributed by atoms with Crippen LogP contribution in [0.5, 0.6) is 5.75 Å². The molecule has 0 bridgehead atoms. The number of hydrogen-bond acceptors (Lipinski definition) is 5. The van der Waals surface area contributed by atoms with E-state index >= 15 is 0 Å². The van der Waals surface area contributed by atoms with Gasteiger partial charge in [0.1, 0.15) is 22.5 Å². The summed E-state index contributed by atoms with van der Waals surface area (Å²) in [6.07, 6.45) is 0.885. The Labute approximate surface area is 134 Å². The van der Waals surface area contributed by atoms with Gasteiger partial charge in [0.05, 0.1) is 6.20 Å². The Bertz CT molecular complexity index is 804. The Balaban J connectivity index is 1.79. The van der Waals surface area contributed by atoms with Gasteiger partial charge in [-0.3, -0.25) is 0 Å². The lowest BCUT2D eigenvalue weighted by atomic mass is 10.2. The minimum Gasteiger partial charge on any atom is -0.479 e. The Morgan fingerprint density at radius 3 is 2.57 bits per heavy atom. The zero-order chi connectivity index (χ0) is 16.4. The van der Waals surface area contributed by atoms with Crippen LogP contribution in [0.1, 0.15) is 18.9 Å². The van der Waals surface area contributed by atoms with Crippen molar-refractivity contribution in [2.24, 2.45) is 0 Å². The molecule has 0 unspecified atom stereocenters. The zero-order valence-corrected chi connectivity index (χ0v) is 12.6. The van der Waals surface area contributed by atoms with Gasteiger partial charge in [0, 0.05) is 11.6 Å². The van der Waals surface area contributed by atoms with E-state index in [4.69, 9.17) is 20.9 Å². The second kappa shape index (κ2) is 6.29. The molecule has 3 rings (SSSR count). The van der Waals surface area contributed by atoms with Crippen molar-refractivity contribution in [3.63, 3.8) is 0 Å². The maximum absolute atomic E-state index is 13.2. The summed E-state index contributed by atoms with van der Waals surface area (Å²) in [7, 11) is 0. The van der Waals surface area contributed by atoms with Crippen molar-refractivity contribution in [2.75, 3.05) is 0 Å². The maximum Gasteiger partial charge on any atom is 0.267 e. The Morgan fingerprint density at radius 1 is 1.17 bits per heavy atom. The van der Waals surface area contributed by atoms with Crippen LogP contribution in [0.15, 0.2) is 41.1 Å². The number of benzene rings is 1. The third kappa shape index (κ3) is 3.62. The highest BCUT2D eigenvalue weighted by molar-refractivity contribution is 6.29. The maximum atomic E-state index is 13.2. The van der Waals surface area contributed by atoms with Crippen LogP contribution < -0.4 is 4.74 Å². The Hall–Kier alpha value is -2.54. The number of hydrogen-bond donors (Lipinski definition) is 0. The van der Waals surface area contributed by atoms with Crippen molar-refractivity contribution in [1.29, 1.82) is 0 Å². The van der Waals surface area contributed by atoms with Crippen LogP contribution in [-0.2, 0) is 0 Å². The first kappa shape index (κ1) is 15.4. The zero-order valence-electron chi connectivity index (χ0n) is 11.8. The van der Waals surface area contributed by atoms with E-state index in [0.29, 0.717) is 10.9 Å². The quantitative estimate of drug-likeness (QED) is 0.668. The van der Waals surface area contributed by atoms with Gasteiger partial charge in [-0.2, -0.15) is 4.98 Å². The van der Waals surface area contributed by atoms with Gasteiger partial charge in [-0.05, 0) is 31.2 Å². The summed E-state index contributed by atoms with van der Waals surface area (Å²) in [5, 5.41) is 4.05. The predicted molar refractivity (Wildman–Crippen MR) is 77.9 cm³/mol. The smallest absolute Gasteiger partial charge is 0.267 e. The fraction of sp³-hybridized carbons (Fsp3) is 0.133. The third-order valence-corrected chi connectivity index (χ3v) is 3.15. The topological polar surface area (TPSA) is 61.0 Å². The van der Waals surface area contributed by atoms with Gasteiger partial charge in [-0.25, -0.2) is 13.8 Å². The first-order valence-corrected chi connectivity index (χ1v) is 6.97. The van der Waals surface area contributed by atoms with Gasteiger partial charge >= 0.3 is 0 Å². The molecule has 2 aromatic heterocycles. The first-order valence-electron chi connectivity index (χ1n) is 6.59. The number of rotatable bonds is 4. The molecular weight excluding hydrogens is 328 g/mol. The molecule has 23 heavy (non-hydrogen) atoms. The number of pyridine rings is 1. The van der Waals surface area contributed by atoms with E-state index in [9.17, 15) is 8.78 Å². The fourth-order valence-corrected chi connectivity index (χ4v) is 2.00. The minimum absolute atomic E-state index is 0.0723. The highest BCUT2D eigenvalue weighted by Crippen LogP contribution is 2.24. The first-order chi connectivity index (χ1) is 11.0. The summed E-state index contributed by atoms with van der Waals surface area (Å²) in [5.41, 5.74) is 0.179. The summed E-state index contributed by atoms with van der Waals surface area (Å²) in [6.45, 7) is 1.69. The summed E-state index contributed by atoms with van der Waals surface area (Å²) < 4.78 is 37.1. The molecule has 118 valence electrons. The van der Waals surface area contributed by atoms with Crippen LogP contribution >= 0.6 is 11.6 Å². The number of halogens is 3. The molecule has 1 atom stereocenters. The van der Waals surface area contributed by atoms with E-state index in [1.807, 2.05) is 0 Å². The van der Waals surface area contributed by atoms with Gasteiger partial charge in [-0.15, -0.1) is 0 Å². The molecule has 5 nitrogen and oxygen atoms in total. The molecule has 0 N–H and O–H groups in total. The van der Waals surface area contributed by atoms with Crippen LogP contribution in [0, 0.1) is 11.6 Å². The van der Waals surface area contributed by atoms with Crippen LogP contribution in [0.2, 0.25) is 5.15 Å². The summed E-state index contributed by atoms with van der Waals surface area (Å²) in [5.74, 6) is -0.730. The second-order valence-corrected chi connectivity index (χ2v) is 5.08.